The topological polar surface area (TPSA) is 55.1 Å². The molecule has 0 unspecified atom stereocenters. The Morgan fingerprint density at radius 1 is 1.39 bits per heavy atom. The first-order chi connectivity index (χ1) is 8.54. The summed E-state index contributed by atoms with van der Waals surface area (Å²) in [6.45, 7) is 3.77. The molecule has 2 aromatic rings. The van der Waals surface area contributed by atoms with E-state index in [1.165, 1.54) is 0 Å². The zero-order valence-corrected chi connectivity index (χ0v) is 11.7. The maximum absolute atomic E-state index is 11.8. The standard InChI is InChI=1S/C13H13BrN2O2/c1-8-5-10(3-4-12(8)14)15-13(17)7-11-6-9(2)18-16-11/h3-6H,7H2,1-2H3,(H,15,17). The van der Waals surface area contributed by atoms with E-state index in [2.05, 4.69) is 26.4 Å². The number of amides is 1. The van der Waals surface area contributed by atoms with Crippen molar-refractivity contribution in [3.05, 3.63) is 45.8 Å². The summed E-state index contributed by atoms with van der Waals surface area (Å²) in [6, 6.07) is 7.43. The Morgan fingerprint density at radius 2 is 2.17 bits per heavy atom. The lowest BCUT2D eigenvalue weighted by atomic mass is 10.2. The van der Waals surface area contributed by atoms with Gasteiger partial charge in [-0.15, -0.1) is 0 Å². The van der Waals surface area contributed by atoms with Gasteiger partial charge in [-0.05, 0) is 37.6 Å². The van der Waals surface area contributed by atoms with E-state index in [0.29, 0.717) is 11.5 Å². The van der Waals surface area contributed by atoms with Crippen molar-refractivity contribution < 1.29 is 9.32 Å². The quantitative estimate of drug-likeness (QED) is 0.947. The van der Waals surface area contributed by atoms with Crippen LogP contribution < -0.4 is 5.32 Å². The fraction of sp³-hybridized carbons (Fsp3) is 0.231. The minimum Gasteiger partial charge on any atom is -0.361 e. The maximum atomic E-state index is 11.8. The molecule has 1 aromatic carbocycles. The van der Waals surface area contributed by atoms with Crippen LogP contribution in [0.2, 0.25) is 0 Å². The van der Waals surface area contributed by atoms with Crippen LogP contribution in [-0.4, -0.2) is 11.1 Å². The van der Waals surface area contributed by atoms with Gasteiger partial charge >= 0.3 is 0 Å². The summed E-state index contributed by atoms with van der Waals surface area (Å²) in [4.78, 5) is 11.8. The summed E-state index contributed by atoms with van der Waals surface area (Å²) in [5.41, 5.74) is 2.49. The Bertz CT molecular complexity index is 578. The van der Waals surface area contributed by atoms with Crippen molar-refractivity contribution >= 4 is 27.5 Å². The van der Waals surface area contributed by atoms with Gasteiger partial charge in [0.1, 0.15) is 5.76 Å². The van der Waals surface area contributed by atoms with Gasteiger partial charge in [-0.2, -0.15) is 0 Å². The van der Waals surface area contributed by atoms with Gasteiger partial charge in [-0.25, -0.2) is 0 Å². The number of halogens is 1. The molecule has 0 aliphatic carbocycles. The minimum atomic E-state index is -0.106. The maximum Gasteiger partial charge on any atom is 0.230 e. The lowest BCUT2D eigenvalue weighted by molar-refractivity contribution is -0.115. The first kappa shape index (κ1) is 12.8. The summed E-state index contributed by atoms with van der Waals surface area (Å²) >= 11 is 3.42. The number of nitrogens with zero attached hydrogens (tertiary/aromatic N) is 1. The zero-order valence-electron chi connectivity index (χ0n) is 10.2. The number of hydrogen-bond donors (Lipinski definition) is 1. The van der Waals surface area contributed by atoms with Crippen LogP contribution in [0.1, 0.15) is 17.0 Å². The Balaban J connectivity index is 2.00. The summed E-state index contributed by atoms with van der Waals surface area (Å²) in [7, 11) is 0. The molecule has 0 atom stereocenters. The molecule has 2 rings (SSSR count). The van der Waals surface area contributed by atoms with Crippen LogP contribution in [0.4, 0.5) is 5.69 Å². The molecule has 1 N–H and O–H groups in total. The minimum absolute atomic E-state index is 0.106. The largest absolute Gasteiger partial charge is 0.361 e. The number of nitrogens with one attached hydrogen (secondary N) is 1. The Morgan fingerprint density at radius 3 is 2.78 bits per heavy atom. The summed E-state index contributed by atoms with van der Waals surface area (Å²) < 4.78 is 5.94. The fourth-order valence-corrected chi connectivity index (χ4v) is 1.84. The number of carbonyl (C=O) groups is 1. The monoisotopic (exact) mass is 308 g/mol. The normalized spacial score (nSPS) is 10.4. The number of rotatable bonds is 3. The number of carbonyl (C=O) groups excluding carboxylic acids is 1. The predicted octanol–water partition coefficient (Wildman–Crippen LogP) is 3.24. The van der Waals surface area contributed by atoms with Crippen molar-refractivity contribution in [3.63, 3.8) is 0 Å². The highest BCUT2D eigenvalue weighted by atomic mass is 79.9. The van der Waals surface area contributed by atoms with Gasteiger partial charge < -0.3 is 9.84 Å². The van der Waals surface area contributed by atoms with Gasteiger partial charge in [-0.3, -0.25) is 4.79 Å². The number of benzene rings is 1. The van der Waals surface area contributed by atoms with Crippen molar-refractivity contribution in [3.8, 4) is 0 Å². The third-order valence-electron chi connectivity index (χ3n) is 2.46. The molecule has 18 heavy (non-hydrogen) atoms. The molecule has 1 heterocycles. The molecule has 1 aromatic heterocycles. The van der Waals surface area contributed by atoms with E-state index in [-0.39, 0.29) is 12.3 Å². The molecule has 0 saturated heterocycles. The highest BCUT2D eigenvalue weighted by Gasteiger charge is 2.08. The SMILES string of the molecule is Cc1cc(CC(=O)Nc2ccc(Br)c(C)c2)no1. The third kappa shape index (κ3) is 3.20. The van der Waals surface area contributed by atoms with Crippen molar-refractivity contribution in [1.82, 2.24) is 5.16 Å². The number of anilines is 1. The van der Waals surface area contributed by atoms with Crippen molar-refractivity contribution in [2.45, 2.75) is 20.3 Å². The van der Waals surface area contributed by atoms with Gasteiger partial charge in [0.25, 0.3) is 0 Å². The van der Waals surface area contributed by atoms with Crippen LogP contribution in [0.5, 0.6) is 0 Å². The first-order valence-corrected chi connectivity index (χ1v) is 6.32. The zero-order chi connectivity index (χ0) is 13.1. The Kier molecular flexibility index (Phi) is 3.81. The molecule has 0 aliphatic rings. The van der Waals surface area contributed by atoms with E-state index in [0.717, 1.165) is 15.7 Å². The fourth-order valence-electron chi connectivity index (χ4n) is 1.59. The van der Waals surface area contributed by atoms with E-state index in [1.54, 1.807) is 13.0 Å². The molecular formula is C13H13BrN2O2. The number of aryl methyl sites for hydroxylation is 2. The van der Waals surface area contributed by atoms with E-state index in [1.807, 2.05) is 25.1 Å². The Labute approximate surface area is 113 Å². The molecule has 0 bridgehead atoms. The summed E-state index contributed by atoms with van der Waals surface area (Å²) in [5, 5.41) is 6.61. The second-order valence-corrected chi connectivity index (χ2v) is 4.97. The molecule has 0 saturated carbocycles. The second-order valence-electron chi connectivity index (χ2n) is 4.12. The molecule has 4 nitrogen and oxygen atoms in total. The molecular weight excluding hydrogens is 296 g/mol. The van der Waals surface area contributed by atoms with Gasteiger partial charge in [0, 0.05) is 16.2 Å². The van der Waals surface area contributed by atoms with Gasteiger partial charge in [-0.1, -0.05) is 21.1 Å². The predicted molar refractivity (Wildman–Crippen MR) is 72.5 cm³/mol. The molecule has 94 valence electrons. The molecule has 5 heteroatoms. The molecule has 0 fully saturated rings. The van der Waals surface area contributed by atoms with E-state index >= 15 is 0 Å². The van der Waals surface area contributed by atoms with Crippen LogP contribution in [0, 0.1) is 13.8 Å². The van der Waals surface area contributed by atoms with Crippen LogP contribution in [0.3, 0.4) is 0 Å². The van der Waals surface area contributed by atoms with E-state index in [4.69, 9.17) is 4.52 Å². The van der Waals surface area contributed by atoms with E-state index < -0.39 is 0 Å². The molecule has 0 aliphatic heterocycles. The van der Waals surface area contributed by atoms with Crippen LogP contribution >= 0.6 is 15.9 Å². The number of aromatic nitrogens is 1. The van der Waals surface area contributed by atoms with Gasteiger partial charge in [0.2, 0.25) is 5.91 Å². The average Bonchev–Trinajstić information content (AvgIpc) is 2.69. The third-order valence-corrected chi connectivity index (χ3v) is 3.35. The number of hydrogen-bond acceptors (Lipinski definition) is 3. The molecule has 0 spiro atoms. The van der Waals surface area contributed by atoms with Gasteiger partial charge in [0.05, 0.1) is 12.1 Å². The summed E-state index contributed by atoms with van der Waals surface area (Å²) in [6.07, 6.45) is 0.215. The second kappa shape index (κ2) is 5.35. The highest BCUT2D eigenvalue weighted by molar-refractivity contribution is 9.10. The Hall–Kier alpha value is -1.62. The van der Waals surface area contributed by atoms with Crippen LogP contribution in [0.15, 0.2) is 33.3 Å². The van der Waals surface area contributed by atoms with Crippen LogP contribution in [-0.2, 0) is 11.2 Å². The van der Waals surface area contributed by atoms with Crippen molar-refractivity contribution in [1.29, 1.82) is 0 Å². The van der Waals surface area contributed by atoms with E-state index in [9.17, 15) is 4.79 Å². The molecule has 1 amide bonds. The lowest BCUT2D eigenvalue weighted by Gasteiger charge is -2.05. The lowest BCUT2D eigenvalue weighted by Crippen LogP contribution is -2.14. The first-order valence-electron chi connectivity index (χ1n) is 5.53. The highest BCUT2D eigenvalue weighted by Crippen LogP contribution is 2.20. The van der Waals surface area contributed by atoms with Crippen LogP contribution in [0.25, 0.3) is 0 Å². The average molecular weight is 309 g/mol. The van der Waals surface area contributed by atoms with Crippen molar-refractivity contribution in [2.75, 3.05) is 5.32 Å². The van der Waals surface area contributed by atoms with Crippen molar-refractivity contribution in [2.24, 2.45) is 0 Å². The molecule has 0 radical (unpaired) electrons. The summed E-state index contributed by atoms with van der Waals surface area (Å²) in [5.74, 6) is 0.599. The smallest absolute Gasteiger partial charge is 0.230 e. The van der Waals surface area contributed by atoms with Gasteiger partial charge in [0.15, 0.2) is 0 Å².